The summed E-state index contributed by atoms with van der Waals surface area (Å²) in [5.74, 6) is -0.608. The minimum Gasteiger partial charge on any atom is -0.475 e. The predicted octanol–water partition coefficient (Wildman–Crippen LogP) is 3.95. The highest BCUT2D eigenvalue weighted by atomic mass is 35.5. The molecule has 0 aliphatic rings. The Kier molecular flexibility index (Phi) is 3.73. The second-order valence-corrected chi connectivity index (χ2v) is 5.62. The third-order valence-corrected chi connectivity index (χ3v) is 3.63. The predicted molar refractivity (Wildman–Crippen MR) is 70.3 cm³/mol. The van der Waals surface area contributed by atoms with E-state index in [1.54, 1.807) is 6.07 Å². The Morgan fingerprint density at radius 3 is 2.83 bits per heavy atom. The van der Waals surface area contributed by atoms with Crippen LogP contribution in [0.2, 0.25) is 5.02 Å². The van der Waals surface area contributed by atoms with Gasteiger partial charge in [-0.2, -0.15) is 0 Å². The van der Waals surface area contributed by atoms with Gasteiger partial charge in [-0.25, -0.2) is 9.78 Å². The van der Waals surface area contributed by atoms with Gasteiger partial charge < -0.3 is 9.52 Å². The Balaban J connectivity index is 2.45. The van der Waals surface area contributed by atoms with Gasteiger partial charge in [0.1, 0.15) is 4.88 Å². The first-order valence-electron chi connectivity index (χ1n) is 5.45. The van der Waals surface area contributed by atoms with Crippen molar-refractivity contribution in [3.8, 4) is 10.8 Å². The van der Waals surface area contributed by atoms with Crippen LogP contribution in [0, 0.1) is 5.92 Å². The fraction of sp³-hybridized carbons (Fsp3) is 0.333. The largest absolute Gasteiger partial charge is 0.475 e. The Morgan fingerprint density at radius 2 is 2.33 bits per heavy atom. The van der Waals surface area contributed by atoms with Gasteiger partial charge in [0, 0.05) is 0 Å². The molecule has 1 N–H and O–H groups in total. The van der Waals surface area contributed by atoms with Gasteiger partial charge in [-0.05, 0) is 23.8 Å². The Bertz CT molecular complexity index is 574. The normalized spacial score (nSPS) is 11.1. The standard InChI is InChI=1S/C12H12ClNO3S/c1-6(2)5-8-9(12(15)16)17-11(14-8)10-7(13)3-4-18-10/h3-4,6H,5H2,1-2H3,(H,15,16). The maximum Gasteiger partial charge on any atom is 0.373 e. The van der Waals surface area contributed by atoms with Crippen molar-refractivity contribution >= 4 is 28.9 Å². The summed E-state index contributed by atoms with van der Waals surface area (Å²) in [5, 5.41) is 11.4. The molecule has 0 fully saturated rings. The number of halogens is 1. The van der Waals surface area contributed by atoms with E-state index in [2.05, 4.69) is 4.98 Å². The van der Waals surface area contributed by atoms with E-state index in [-0.39, 0.29) is 11.7 Å². The molecule has 0 unspecified atom stereocenters. The molecule has 0 aromatic carbocycles. The van der Waals surface area contributed by atoms with Gasteiger partial charge in [-0.3, -0.25) is 0 Å². The minimum atomic E-state index is -1.10. The van der Waals surface area contributed by atoms with Crippen molar-refractivity contribution in [1.82, 2.24) is 4.98 Å². The molecule has 2 rings (SSSR count). The van der Waals surface area contributed by atoms with Crippen molar-refractivity contribution in [2.45, 2.75) is 20.3 Å². The average molecular weight is 286 g/mol. The topological polar surface area (TPSA) is 63.3 Å². The van der Waals surface area contributed by atoms with Crippen LogP contribution in [-0.2, 0) is 6.42 Å². The van der Waals surface area contributed by atoms with E-state index in [4.69, 9.17) is 21.1 Å². The number of thiophene rings is 1. The first-order chi connectivity index (χ1) is 8.49. The summed E-state index contributed by atoms with van der Waals surface area (Å²) in [6, 6.07) is 1.73. The van der Waals surface area contributed by atoms with E-state index < -0.39 is 5.97 Å². The van der Waals surface area contributed by atoms with E-state index in [1.165, 1.54) is 11.3 Å². The molecule has 2 aromatic heterocycles. The molecular weight excluding hydrogens is 274 g/mol. The fourth-order valence-electron chi connectivity index (χ4n) is 1.59. The van der Waals surface area contributed by atoms with Crippen molar-refractivity contribution in [2.24, 2.45) is 5.92 Å². The lowest BCUT2D eigenvalue weighted by molar-refractivity contribution is 0.0661. The molecule has 18 heavy (non-hydrogen) atoms. The van der Waals surface area contributed by atoms with Crippen LogP contribution in [-0.4, -0.2) is 16.1 Å². The average Bonchev–Trinajstić information content (AvgIpc) is 2.83. The summed E-state index contributed by atoms with van der Waals surface area (Å²) in [7, 11) is 0. The second-order valence-electron chi connectivity index (χ2n) is 4.30. The smallest absolute Gasteiger partial charge is 0.373 e. The monoisotopic (exact) mass is 285 g/mol. The summed E-state index contributed by atoms with van der Waals surface area (Å²) in [4.78, 5) is 16.0. The number of carboxylic acid groups (broad SMARTS) is 1. The van der Waals surface area contributed by atoms with E-state index in [9.17, 15) is 4.79 Å². The lowest BCUT2D eigenvalue weighted by atomic mass is 10.1. The molecule has 2 aromatic rings. The number of nitrogens with zero attached hydrogens (tertiary/aromatic N) is 1. The lowest BCUT2D eigenvalue weighted by Gasteiger charge is -1.99. The molecule has 6 heteroatoms. The minimum absolute atomic E-state index is 0.0943. The van der Waals surface area contributed by atoms with Gasteiger partial charge >= 0.3 is 5.97 Å². The van der Waals surface area contributed by atoms with Crippen LogP contribution in [0.25, 0.3) is 10.8 Å². The molecule has 0 atom stereocenters. The molecule has 96 valence electrons. The van der Waals surface area contributed by atoms with Crippen LogP contribution >= 0.6 is 22.9 Å². The zero-order chi connectivity index (χ0) is 13.3. The number of hydrogen-bond acceptors (Lipinski definition) is 4. The number of aromatic nitrogens is 1. The summed E-state index contributed by atoms with van der Waals surface area (Å²) in [5.41, 5.74) is 0.469. The quantitative estimate of drug-likeness (QED) is 0.924. The molecule has 0 bridgehead atoms. The molecule has 4 nitrogen and oxygen atoms in total. The molecule has 0 spiro atoms. The van der Waals surface area contributed by atoms with Crippen LogP contribution in [0.15, 0.2) is 15.9 Å². The molecule has 0 amide bonds. The van der Waals surface area contributed by atoms with Gasteiger partial charge in [0.15, 0.2) is 0 Å². The highest BCUT2D eigenvalue weighted by Crippen LogP contribution is 2.34. The number of aromatic carboxylic acids is 1. The number of oxazole rings is 1. The van der Waals surface area contributed by atoms with Crippen molar-refractivity contribution in [2.75, 3.05) is 0 Å². The number of hydrogen-bond donors (Lipinski definition) is 1. The lowest BCUT2D eigenvalue weighted by Crippen LogP contribution is -2.03. The molecule has 0 saturated carbocycles. The van der Waals surface area contributed by atoms with Crippen molar-refractivity contribution in [3.63, 3.8) is 0 Å². The van der Waals surface area contributed by atoms with Gasteiger partial charge in [0.25, 0.3) is 0 Å². The third kappa shape index (κ3) is 2.57. The molecule has 0 aliphatic heterocycles. The van der Waals surface area contributed by atoms with Crippen LogP contribution in [0.3, 0.4) is 0 Å². The molecule has 0 saturated heterocycles. The molecule has 0 radical (unpaired) electrons. The molecule has 0 aliphatic carbocycles. The van der Waals surface area contributed by atoms with Gasteiger partial charge in [-0.15, -0.1) is 11.3 Å². The summed E-state index contributed by atoms with van der Waals surface area (Å²) in [6.45, 7) is 4.00. The Hall–Kier alpha value is -1.33. The van der Waals surface area contributed by atoms with Crippen LogP contribution < -0.4 is 0 Å². The number of rotatable bonds is 4. The first-order valence-corrected chi connectivity index (χ1v) is 6.71. The summed E-state index contributed by atoms with van der Waals surface area (Å²) < 4.78 is 5.32. The maximum absolute atomic E-state index is 11.1. The number of carbonyl (C=O) groups is 1. The van der Waals surface area contributed by atoms with E-state index in [0.29, 0.717) is 27.9 Å². The second kappa shape index (κ2) is 5.12. The van der Waals surface area contributed by atoms with Crippen molar-refractivity contribution in [1.29, 1.82) is 0 Å². The molecule has 2 heterocycles. The van der Waals surface area contributed by atoms with E-state index in [1.807, 2.05) is 19.2 Å². The number of carboxylic acids is 1. The highest BCUT2D eigenvalue weighted by Gasteiger charge is 2.22. The van der Waals surface area contributed by atoms with Crippen LogP contribution in [0.5, 0.6) is 0 Å². The van der Waals surface area contributed by atoms with E-state index >= 15 is 0 Å². The first kappa shape index (κ1) is 13.1. The van der Waals surface area contributed by atoms with E-state index in [0.717, 1.165) is 0 Å². The summed E-state index contributed by atoms with van der Waals surface area (Å²) >= 11 is 7.36. The zero-order valence-electron chi connectivity index (χ0n) is 9.94. The van der Waals surface area contributed by atoms with Gasteiger partial charge in [0.2, 0.25) is 11.7 Å². The highest BCUT2D eigenvalue weighted by molar-refractivity contribution is 7.14. The van der Waals surface area contributed by atoms with Crippen molar-refractivity contribution in [3.05, 3.63) is 27.9 Å². The third-order valence-electron chi connectivity index (χ3n) is 2.30. The maximum atomic E-state index is 11.1. The zero-order valence-corrected chi connectivity index (χ0v) is 11.5. The SMILES string of the molecule is CC(C)Cc1nc(-c2sccc2Cl)oc1C(=O)O. The fourth-order valence-corrected chi connectivity index (χ4v) is 2.65. The van der Waals surface area contributed by atoms with Crippen LogP contribution in [0.4, 0.5) is 0 Å². The summed E-state index contributed by atoms with van der Waals surface area (Å²) in [6.07, 6.45) is 0.564. The van der Waals surface area contributed by atoms with Crippen LogP contribution in [0.1, 0.15) is 30.1 Å². The van der Waals surface area contributed by atoms with Crippen molar-refractivity contribution < 1.29 is 14.3 Å². The Labute approximate surface area is 113 Å². The molecular formula is C12H12ClNO3S. The van der Waals surface area contributed by atoms with Gasteiger partial charge in [-0.1, -0.05) is 25.4 Å². The van der Waals surface area contributed by atoms with Gasteiger partial charge in [0.05, 0.1) is 10.7 Å². The Morgan fingerprint density at radius 1 is 1.61 bits per heavy atom.